The van der Waals surface area contributed by atoms with E-state index in [4.69, 9.17) is 10.2 Å². The second-order valence-corrected chi connectivity index (χ2v) is 3.20. The molecule has 0 saturated carbocycles. The molecule has 0 saturated heterocycles. The van der Waals surface area contributed by atoms with Crippen LogP contribution in [0.1, 0.15) is 11.5 Å². The standard InChI is InChI=1S/C10H11N3O/c1-6-5-8(11)3-4-9(6)10-13-12-7(2)14-10/h3-5H,11H2,1-2H3. The number of aromatic nitrogens is 2. The van der Waals surface area contributed by atoms with E-state index in [2.05, 4.69) is 10.2 Å². The first-order chi connectivity index (χ1) is 6.66. The SMILES string of the molecule is Cc1nnc(-c2ccc(N)cc2C)o1. The van der Waals surface area contributed by atoms with Crippen LogP contribution in [0.25, 0.3) is 11.5 Å². The Balaban J connectivity index is 2.52. The summed E-state index contributed by atoms with van der Waals surface area (Å²) in [6.45, 7) is 3.73. The number of benzene rings is 1. The first kappa shape index (κ1) is 8.74. The molecule has 4 heteroatoms. The normalized spacial score (nSPS) is 10.4. The Morgan fingerprint density at radius 1 is 1.21 bits per heavy atom. The maximum absolute atomic E-state index is 5.64. The molecule has 1 aromatic carbocycles. The van der Waals surface area contributed by atoms with E-state index in [1.54, 1.807) is 6.92 Å². The first-order valence-electron chi connectivity index (χ1n) is 4.33. The number of nitrogens with two attached hydrogens (primary N) is 1. The van der Waals surface area contributed by atoms with E-state index in [9.17, 15) is 0 Å². The van der Waals surface area contributed by atoms with Crippen molar-refractivity contribution in [3.63, 3.8) is 0 Å². The van der Waals surface area contributed by atoms with Crippen LogP contribution in [0.2, 0.25) is 0 Å². The van der Waals surface area contributed by atoms with Crippen LogP contribution >= 0.6 is 0 Å². The van der Waals surface area contributed by atoms with E-state index >= 15 is 0 Å². The monoisotopic (exact) mass is 189 g/mol. The van der Waals surface area contributed by atoms with Crippen LogP contribution in [0, 0.1) is 13.8 Å². The van der Waals surface area contributed by atoms with E-state index in [1.165, 1.54) is 0 Å². The Bertz CT molecular complexity index is 462. The number of nitrogen functional groups attached to an aromatic ring is 1. The molecule has 0 amide bonds. The van der Waals surface area contributed by atoms with Crippen molar-refractivity contribution >= 4 is 5.69 Å². The lowest BCUT2D eigenvalue weighted by atomic mass is 10.1. The highest BCUT2D eigenvalue weighted by molar-refractivity contribution is 5.62. The van der Waals surface area contributed by atoms with Crippen molar-refractivity contribution < 1.29 is 4.42 Å². The number of hydrogen-bond acceptors (Lipinski definition) is 4. The van der Waals surface area contributed by atoms with Gasteiger partial charge < -0.3 is 10.2 Å². The van der Waals surface area contributed by atoms with Crippen molar-refractivity contribution in [2.45, 2.75) is 13.8 Å². The largest absolute Gasteiger partial charge is 0.421 e. The van der Waals surface area contributed by atoms with Gasteiger partial charge in [0.1, 0.15) is 0 Å². The quantitative estimate of drug-likeness (QED) is 0.696. The lowest BCUT2D eigenvalue weighted by Gasteiger charge is -2.01. The number of anilines is 1. The second-order valence-electron chi connectivity index (χ2n) is 3.20. The van der Waals surface area contributed by atoms with E-state index < -0.39 is 0 Å². The van der Waals surface area contributed by atoms with E-state index in [-0.39, 0.29) is 0 Å². The van der Waals surface area contributed by atoms with Gasteiger partial charge in [-0.05, 0) is 30.7 Å². The summed E-state index contributed by atoms with van der Waals surface area (Å²) in [5.74, 6) is 1.11. The lowest BCUT2D eigenvalue weighted by Crippen LogP contribution is -1.88. The van der Waals surface area contributed by atoms with Crippen molar-refractivity contribution in [2.24, 2.45) is 0 Å². The average Bonchev–Trinajstić information content (AvgIpc) is 2.51. The summed E-state index contributed by atoms with van der Waals surface area (Å²) >= 11 is 0. The second kappa shape index (κ2) is 3.14. The Morgan fingerprint density at radius 3 is 2.57 bits per heavy atom. The molecule has 0 atom stereocenters. The zero-order chi connectivity index (χ0) is 10.1. The molecule has 2 rings (SSSR count). The van der Waals surface area contributed by atoms with Crippen molar-refractivity contribution in [1.82, 2.24) is 10.2 Å². The van der Waals surface area contributed by atoms with Crippen molar-refractivity contribution in [1.29, 1.82) is 0 Å². The molecule has 0 aliphatic heterocycles. The zero-order valence-electron chi connectivity index (χ0n) is 8.11. The Labute approximate surface area is 81.8 Å². The van der Waals surface area contributed by atoms with E-state index in [0.29, 0.717) is 11.8 Å². The molecule has 0 unspecified atom stereocenters. The number of nitrogens with zero attached hydrogens (tertiary/aromatic N) is 2. The molecule has 0 radical (unpaired) electrons. The molecule has 1 aromatic heterocycles. The third kappa shape index (κ3) is 1.46. The fourth-order valence-corrected chi connectivity index (χ4v) is 1.33. The Kier molecular flexibility index (Phi) is 1.96. The van der Waals surface area contributed by atoms with Gasteiger partial charge >= 0.3 is 0 Å². The van der Waals surface area contributed by atoms with Crippen LogP contribution in [0.15, 0.2) is 22.6 Å². The molecular formula is C10H11N3O. The highest BCUT2D eigenvalue weighted by Crippen LogP contribution is 2.23. The van der Waals surface area contributed by atoms with Crippen LogP contribution in [0.5, 0.6) is 0 Å². The molecule has 2 N–H and O–H groups in total. The fraction of sp³-hybridized carbons (Fsp3) is 0.200. The number of rotatable bonds is 1. The lowest BCUT2D eigenvalue weighted by molar-refractivity contribution is 0.532. The maximum atomic E-state index is 5.64. The molecular weight excluding hydrogens is 178 g/mol. The Hall–Kier alpha value is -1.84. The van der Waals surface area contributed by atoms with E-state index in [0.717, 1.165) is 16.8 Å². The van der Waals surface area contributed by atoms with Gasteiger partial charge in [-0.1, -0.05) is 0 Å². The third-order valence-corrected chi connectivity index (χ3v) is 2.01. The fourth-order valence-electron chi connectivity index (χ4n) is 1.33. The summed E-state index contributed by atoms with van der Waals surface area (Å²) in [5, 5.41) is 7.73. The summed E-state index contributed by atoms with van der Waals surface area (Å²) in [5.41, 5.74) is 8.35. The smallest absolute Gasteiger partial charge is 0.247 e. The van der Waals surface area contributed by atoms with Gasteiger partial charge in [0.15, 0.2) is 0 Å². The predicted octanol–water partition coefficient (Wildman–Crippen LogP) is 1.94. The zero-order valence-corrected chi connectivity index (χ0v) is 8.11. The van der Waals surface area contributed by atoms with Gasteiger partial charge in [0.05, 0.1) is 0 Å². The number of aryl methyl sites for hydroxylation is 2. The van der Waals surface area contributed by atoms with Gasteiger partial charge in [-0.25, -0.2) is 0 Å². The van der Waals surface area contributed by atoms with Crippen LogP contribution in [-0.4, -0.2) is 10.2 Å². The molecule has 0 bridgehead atoms. The Morgan fingerprint density at radius 2 is 2.00 bits per heavy atom. The molecule has 0 aliphatic carbocycles. The summed E-state index contributed by atoms with van der Waals surface area (Å²) in [4.78, 5) is 0. The summed E-state index contributed by atoms with van der Waals surface area (Å²) in [7, 11) is 0. The molecule has 72 valence electrons. The molecule has 1 heterocycles. The van der Waals surface area contributed by atoms with Crippen LogP contribution < -0.4 is 5.73 Å². The van der Waals surface area contributed by atoms with Gasteiger partial charge in [0.2, 0.25) is 11.8 Å². The minimum atomic E-state index is 0.542. The summed E-state index contributed by atoms with van der Waals surface area (Å²) < 4.78 is 5.33. The molecule has 0 spiro atoms. The minimum absolute atomic E-state index is 0.542. The predicted molar refractivity (Wildman–Crippen MR) is 53.6 cm³/mol. The van der Waals surface area contributed by atoms with Crippen molar-refractivity contribution in [3.8, 4) is 11.5 Å². The number of hydrogen-bond donors (Lipinski definition) is 1. The minimum Gasteiger partial charge on any atom is -0.421 e. The molecule has 14 heavy (non-hydrogen) atoms. The molecule has 2 aromatic rings. The van der Waals surface area contributed by atoms with E-state index in [1.807, 2.05) is 25.1 Å². The molecule has 0 aliphatic rings. The third-order valence-electron chi connectivity index (χ3n) is 2.01. The van der Waals surface area contributed by atoms with Gasteiger partial charge in [-0.3, -0.25) is 0 Å². The van der Waals surface area contributed by atoms with Crippen LogP contribution in [-0.2, 0) is 0 Å². The van der Waals surface area contributed by atoms with Gasteiger partial charge in [-0.15, -0.1) is 10.2 Å². The topological polar surface area (TPSA) is 64.9 Å². The van der Waals surface area contributed by atoms with Crippen molar-refractivity contribution in [2.75, 3.05) is 5.73 Å². The highest BCUT2D eigenvalue weighted by atomic mass is 16.4. The highest BCUT2D eigenvalue weighted by Gasteiger charge is 2.08. The average molecular weight is 189 g/mol. The maximum Gasteiger partial charge on any atom is 0.247 e. The first-order valence-corrected chi connectivity index (χ1v) is 4.33. The summed E-state index contributed by atoms with van der Waals surface area (Å²) in [6, 6.07) is 5.59. The van der Waals surface area contributed by atoms with Gasteiger partial charge in [-0.2, -0.15) is 0 Å². The van der Waals surface area contributed by atoms with Crippen LogP contribution in [0.4, 0.5) is 5.69 Å². The van der Waals surface area contributed by atoms with Crippen molar-refractivity contribution in [3.05, 3.63) is 29.7 Å². The summed E-state index contributed by atoms with van der Waals surface area (Å²) in [6.07, 6.45) is 0. The van der Waals surface area contributed by atoms with Crippen LogP contribution in [0.3, 0.4) is 0 Å². The van der Waals surface area contributed by atoms with Gasteiger partial charge in [0, 0.05) is 18.2 Å². The molecule has 4 nitrogen and oxygen atoms in total. The van der Waals surface area contributed by atoms with Gasteiger partial charge in [0.25, 0.3) is 0 Å². The molecule has 0 fully saturated rings.